The molecule has 0 heterocycles. The largest absolute Gasteiger partial charge is 0.466 e. The Hall–Kier alpha value is -1.89. The summed E-state index contributed by atoms with van der Waals surface area (Å²) in [7, 11) is -3.50. The van der Waals surface area contributed by atoms with Crippen LogP contribution < -0.4 is 5.32 Å². The van der Waals surface area contributed by atoms with E-state index in [0.717, 1.165) is 0 Å². The van der Waals surface area contributed by atoms with Crippen molar-refractivity contribution < 1.29 is 32.7 Å². The number of nitrogens with one attached hydrogen (secondary N) is 1. The van der Waals surface area contributed by atoms with E-state index in [1.165, 1.54) is 0 Å². The highest BCUT2D eigenvalue weighted by Gasteiger charge is 2.34. The zero-order valence-corrected chi connectivity index (χ0v) is 18.9. The van der Waals surface area contributed by atoms with Crippen LogP contribution in [0.25, 0.3) is 0 Å². The number of hydrogen-bond acceptors (Lipinski definition) is 7. The molecule has 164 valence electrons. The molecule has 1 N–H and O–H groups in total. The molecular weight excluding hydrogens is 397 g/mol. The highest BCUT2D eigenvalue weighted by Crippen LogP contribution is 2.51. The summed E-state index contributed by atoms with van der Waals surface area (Å²) in [6.07, 6.45) is -0.778. The number of amides is 1. The zero-order valence-electron chi connectivity index (χ0n) is 18.0. The lowest BCUT2D eigenvalue weighted by molar-refractivity contribution is -0.144. The van der Waals surface area contributed by atoms with E-state index >= 15 is 0 Å². The number of carbonyl (C=O) groups is 2. The summed E-state index contributed by atoms with van der Waals surface area (Å²) in [6, 6.07) is 6.67. The molecule has 0 aliphatic rings. The fourth-order valence-electron chi connectivity index (χ4n) is 2.57. The van der Waals surface area contributed by atoms with Gasteiger partial charge in [0.15, 0.2) is 0 Å². The summed E-state index contributed by atoms with van der Waals surface area (Å²) in [6.45, 7) is 10.9. The van der Waals surface area contributed by atoms with Gasteiger partial charge >= 0.3 is 19.7 Å². The van der Waals surface area contributed by atoms with Crippen LogP contribution in [0.4, 0.5) is 10.5 Å². The van der Waals surface area contributed by atoms with Gasteiger partial charge in [-0.15, -0.1) is 0 Å². The molecule has 0 spiro atoms. The minimum Gasteiger partial charge on any atom is -0.466 e. The average Bonchev–Trinajstić information content (AvgIpc) is 2.59. The number of esters is 1. The third kappa shape index (κ3) is 8.98. The molecule has 0 aliphatic heterocycles. The van der Waals surface area contributed by atoms with Crippen molar-refractivity contribution in [2.75, 3.05) is 31.3 Å². The molecule has 0 bridgehead atoms. The van der Waals surface area contributed by atoms with E-state index in [2.05, 4.69) is 5.32 Å². The van der Waals surface area contributed by atoms with Crippen molar-refractivity contribution in [2.45, 2.75) is 53.1 Å². The molecule has 29 heavy (non-hydrogen) atoms. The third-order valence-electron chi connectivity index (χ3n) is 3.56. The van der Waals surface area contributed by atoms with Crippen LogP contribution in [0.2, 0.25) is 0 Å². The first-order valence-electron chi connectivity index (χ1n) is 9.68. The lowest BCUT2D eigenvalue weighted by Gasteiger charge is -2.23. The minimum absolute atomic E-state index is 0.163. The van der Waals surface area contributed by atoms with E-state index in [0.29, 0.717) is 11.3 Å². The van der Waals surface area contributed by atoms with Crippen LogP contribution in [0, 0.1) is 0 Å². The number of hydrogen-bond donors (Lipinski definition) is 1. The van der Waals surface area contributed by atoms with Crippen LogP contribution in [0.1, 0.15) is 53.0 Å². The molecule has 8 nitrogen and oxygen atoms in total. The van der Waals surface area contributed by atoms with E-state index < -0.39 is 31.2 Å². The van der Waals surface area contributed by atoms with Gasteiger partial charge in [-0.2, -0.15) is 0 Å². The van der Waals surface area contributed by atoms with Gasteiger partial charge in [0.1, 0.15) is 5.60 Å². The van der Waals surface area contributed by atoms with E-state index in [4.69, 9.17) is 18.5 Å². The maximum absolute atomic E-state index is 13.0. The van der Waals surface area contributed by atoms with Gasteiger partial charge in [0, 0.05) is 5.69 Å². The summed E-state index contributed by atoms with van der Waals surface area (Å²) < 4.78 is 34.1. The first-order chi connectivity index (χ1) is 13.5. The Morgan fingerprint density at radius 1 is 1.07 bits per heavy atom. The third-order valence-corrected chi connectivity index (χ3v) is 5.68. The molecule has 1 amide bonds. The number of benzene rings is 1. The smallest absolute Gasteiger partial charge is 0.412 e. The Balaban J connectivity index is 3.14. The Labute approximate surface area is 172 Å². The number of carbonyl (C=O) groups excluding carboxylic acids is 2. The van der Waals surface area contributed by atoms with Crippen molar-refractivity contribution in [3.8, 4) is 0 Å². The van der Waals surface area contributed by atoms with Crippen molar-refractivity contribution in [2.24, 2.45) is 0 Å². The first kappa shape index (κ1) is 25.1. The second-order valence-corrected chi connectivity index (χ2v) is 9.29. The maximum Gasteiger partial charge on any atom is 0.412 e. The Kier molecular flexibility index (Phi) is 9.83. The normalized spacial score (nSPS) is 12.9. The summed E-state index contributed by atoms with van der Waals surface area (Å²) in [5.74, 6) is -1.42. The molecule has 1 aromatic rings. The van der Waals surface area contributed by atoms with E-state index in [1.807, 2.05) is 0 Å². The molecule has 0 saturated carbocycles. The van der Waals surface area contributed by atoms with Crippen molar-refractivity contribution >= 4 is 25.3 Å². The summed E-state index contributed by atoms with van der Waals surface area (Å²) >= 11 is 0. The van der Waals surface area contributed by atoms with Gasteiger partial charge in [-0.3, -0.25) is 14.7 Å². The molecule has 0 aliphatic carbocycles. The number of rotatable bonds is 10. The Morgan fingerprint density at radius 3 is 2.21 bits per heavy atom. The molecule has 1 rings (SSSR count). The zero-order chi connectivity index (χ0) is 22.1. The van der Waals surface area contributed by atoms with E-state index in [1.54, 1.807) is 65.8 Å². The lowest BCUT2D eigenvalue weighted by atomic mass is 10.0. The predicted octanol–water partition coefficient (Wildman–Crippen LogP) is 4.95. The van der Waals surface area contributed by atoms with Gasteiger partial charge in [-0.25, -0.2) is 4.79 Å². The van der Waals surface area contributed by atoms with Crippen LogP contribution in [-0.4, -0.2) is 43.6 Å². The fraction of sp³-hybridized carbons (Fsp3) is 0.600. The van der Waals surface area contributed by atoms with Crippen LogP contribution in [0.15, 0.2) is 24.3 Å². The van der Waals surface area contributed by atoms with Crippen LogP contribution in [0.3, 0.4) is 0 Å². The van der Waals surface area contributed by atoms with Gasteiger partial charge in [-0.05, 0) is 59.2 Å². The highest BCUT2D eigenvalue weighted by atomic mass is 31.2. The van der Waals surface area contributed by atoms with Gasteiger partial charge in [-0.1, -0.05) is 12.1 Å². The fourth-order valence-corrected chi connectivity index (χ4v) is 4.45. The minimum atomic E-state index is -3.50. The van der Waals surface area contributed by atoms with Crippen LogP contribution in [-0.2, 0) is 27.9 Å². The quantitative estimate of drug-likeness (QED) is 0.415. The lowest BCUT2D eigenvalue weighted by Crippen LogP contribution is -2.27. The number of ether oxygens (including phenoxy) is 2. The topological polar surface area (TPSA) is 100 Å². The second-order valence-electron chi connectivity index (χ2n) is 7.19. The molecule has 0 radical (unpaired) electrons. The van der Waals surface area contributed by atoms with Gasteiger partial charge < -0.3 is 18.5 Å². The average molecular weight is 429 g/mol. The molecule has 0 saturated heterocycles. The Bertz CT molecular complexity index is 720. The SMILES string of the molecule is CCOC(=O)C(CP(=O)(OCC)OCC)c1cccc(NC(=O)OC(C)(C)C)c1. The monoisotopic (exact) mass is 429 g/mol. The van der Waals surface area contributed by atoms with Crippen molar-refractivity contribution in [1.82, 2.24) is 0 Å². The standard InChI is InChI=1S/C20H32NO7P/c1-7-25-18(22)17(14-29(24,26-8-2)27-9-3)15-11-10-12-16(13-15)21-19(23)28-20(4,5)6/h10-13,17H,7-9,14H2,1-6H3,(H,21,23). The van der Waals surface area contributed by atoms with Gasteiger partial charge in [0.05, 0.1) is 31.9 Å². The summed E-state index contributed by atoms with van der Waals surface area (Å²) in [5.41, 5.74) is 0.321. The van der Waals surface area contributed by atoms with E-state index in [9.17, 15) is 14.2 Å². The molecule has 0 fully saturated rings. The number of anilines is 1. The molecule has 1 atom stereocenters. The van der Waals surface area contributed by atoms with Gasteiger partial charge in [0.25, 0.3) is 0 Å². The Morgan fingerprint density at radius 2 is 1.69 bits per heavy atom. The maximum atomic E-state index is 13.0. The van der Waals surface area contributed by atoms with Crippen LogP contribution in [0.5, 0.6) is 0 Å². The highest BCUT2D eigenvalue weighted by molar-refractivity contribution is 7.53. The molecular formula is C20H32NO7P. The molecule has 0 aromatic heterocycles. The van der Waals surface area contributed by atoms with Crippen LogP contribution >= 0.6 is 7.60 Å². The molecule has 9 heteroatoms. The van der Waals surface area contributed by atoms with E-state index in [-0.39, 0.29) is 26.0 Å². The molecule has 1 aromatic carbocycles. The first-order valence-corrected chi connectivity index (χ1v) is 11.4. The van der Waals surface area contributed by atoms with Gasteiger partial charge in [0.2, 0.25) is 0 Å². The van der Waals surface area contributed by atoms with Crippen molar-refractivity contribution in [3.05, 3.63) is 29.8 Å². The summed E-state index contributed by atoms with van der Waals surface area (Å²) in [5, 5.41) is 2.63. The predicted molar refractivity (Wildman–Crippen MR) is 111 cm³/mol. The molecule has 1 unspecified atom stereocenters. The summed E-state index contributed by atoms with van der Waals surface area (Å²) in [4.78, 5) is 24.6. The second kappa shape index (κ2) is 11.3. The van der Waals surface area contributed by atoms with Crippen molar-refractivity contribution in [3.63, 3.8) is 0 Å². The van der Waals surface area contributed by atoms with Crippen molar-refractivity contribution in [1.29, 1.82) is 0 Å².